The fourth-order valence-electron chi connectivity index (χ4n) is 2.52. The zero-order valence-corrected chi connectivity index (χ0v) is 14.5. The van der Waals surface area contributed by atoms with Gasteiger partial charge in [-0.3, -0.25) is 0 Å². The minimum atomic E-state index is 0.952. The predicted octanol–water partition coefficient (Wildman–Crippen LogP) is 6.89. The summed E-state index contributed by atoms with van der Waals surface area (Å²) < 4.78 is 0. The molecule has 0 bridgehead atoms. The van der Waals surface area contributed by atoms with Crippen molar-refractivity contribution < 1.29 is 0 Å². The molecule has 0 radical (unpaired) electrons. The second kappa shape index (κ2) is 15.1. The van der Waals surface area contributed by atoms with E-state index in [1.165, 1.54) is 56.1 Å². The quantitative estimate of drug-likeness (QED) is 0.419. The van der Waals surface area contributed by atoms with Gasteiger partial charge in [0.2, 0.25) is 0 Å². The molecular weight excluding hydrogens is 252 g/mol. The Balaban J connectivity index is 0.000000377. The molecule has 1 aromatic rings. The number of hydrogen-bond donors (Lipinski definition) is 0. The molecule has 0 heterocycles. The first-order chi connectivity index (χ1) is 10.4. The van der Waals surface area contributed by atoms with Gasteiger partial charge in [-0.2, -0.15) is 0 Å². The van der Waals surface area contributed by atoms with Crippen molar-refractivity contribution >= 4 is 0 Å². The van der Waals surface area contributed by atoms with E-state index in [9.17, 15) is 0 Å². The van der Waals surface area contributed by atoms with E-state index in [1.807, 2.05) is 19.9 Å². The predicted molar refractivity (Wildman–Crippen MR) is 96.9 cm³/mol. The summed E-state index contributed by atoms with van der Waals surface area (Å²) in [5.74, 6) is 0. The molecule has 1 aliphatic rings. The van der Waals surface area contributed by atoms with Crippen molar-refractivity contribution in [1.29, 1.82) is 0 Å². The summed E-state index contributed by atoms with van der Waals surface area (Å²) in [7, 11) is 0. The molecule has 0 aromatic heterocycles. The van der Waals surface area contributed by atoms with E-state index in [2.05, 4.69) is 43.5 Å². The third-order valence-corrected chi connectivity index (χ3v) is 3.72. The molecule has 1 aliphatic carbocycles. The van der Waals surface area contributed by atoms with Gasteiger partial charge in [-0.1, -0.05) is 96.6 Å². The Kier molecular flexibility index (Phi) is 14.2. The molecule has 1 saturated carbocycles. The maximum absolute atomic E-state index is 3.55. The summed E-state index contributed by atoms with van der Waals surface area (Å²) >= 11 is 0. The first-order valence-electron chi connectivity index (χ1n) is 8.79. The maximum Gasteiger partial charge on any atom is -0.00187 e. The van der Waals surface area contributed by atoms with E-state index in [1.54, 1.807) is 0 Å². The largest absolute Gasteiger partial charge is 0.133 e. The van der Waals surface area contributed by atoms with Gasteiger partial charge in [-0.15, -0.1) is 5.73 Å². The van der Waals surface area contributed by atoms with Crippen LogP contribution in [0.2, 0.25) is 0 Å². The molecule has 0 amide bonds. The van der Waals surface area contributed by atoms with E-state index in [0.717, 1.165) is 12.8 Å². The number of rotatable bonds is 3. The second-order valence-corrected chi connectivity index (χ2v) is 5.21. The molecule has 1 aromatic carbocycles. The second-order valence-electron chi connectivity index (χ2n) is 5.21. The van der Waals surface area contributed by atoms with Gasteiger partial charge in [0, 0.05) is 0 Å². The highest BCUT2D eigenvalue weighted by Crippen LogP contribution is 2.15. The summed E-state index contributed by atoms with van der Waals surface area (Å²) in [6.45, 7) is 9.73. The topological polar surface area (TPSA) is 0 Å². The Hall–Kier alpha value is -1.26. The highest BCUT2D eigenvalue weighted by Gasteiger charge is 1.96. The minimum Gasteiger partial charge on any atom is -0.133 e. The van der Waals surface area contributed by atoms with Gasteiger partial charge in [-0.05, 0) is 30.0 Å². The number of hydrogen-bond acceptors (Lipinski definition) is 0. The molecule has 2 rings (SSSR count). The minimum absolute atomic E-state index is 0.952. The normalized spacial score (nSPS) is 13.5. The third-order valence-electron chi connectivity index (χ3n) is 3.72. The van der Waals surface area contributed by atoms with Gasteiger partial charge in [0.1, 0.15) is 0 Å². The van der Waals surface area contributed by atoms with Crippen LogP contribution < -0.4 is 0 Å². The molecule has 0 nitrogen and oxygen atoms in total. The highest BCUT2D eigenvalue weighted by atomic mass is 14.0. The first-order valence-corrected chi connectivity index (χ1v) is 8.79. The monoisotopic (exact) mass is 286 g/mol. The molecule has 0 N–H and O–H groups in total. The number of allylic oxidation sites excluding steroid dienone is 1. The van der Waals surface area contributed by atoms with Crippen molar-refractivity contribution in [2.24, 2.45) is 0 Å². The van der Waals surface area contributed by atoms with Crippen LogP contribution in [0.4, 0.5) is 0 Å². The molecule has 1 fully saturated rings. The first kappa shape index (κ1) is 19.7. The smallest absolute Gasteiger partial charge is 0.00187 e. The van der Waals surface area contributed by atoms with Gasteiger partial charge in [0.05, 0.1) is 0 Å². The number of benzene rings is 1. The van der Waals surface area contributed by atoms with Crippen LogP contribution in [0.5, 0.6) is 0 Å². The van der Waals surface area contributed by atoms with Crippen molar-refractivity contribution in [2.45, 2.75) is 78.6 Å². The van der Waals surface area contributed by atoms with E-state index >= 15 is 0 Å². The average molecular weight is 287 g/mol. The van der Waals surface area contributed by atoms with Crippen molar-refractivity contribution in [2.75, 3.05) is 0 Å². The lowest BCUT2D eigenvalue weighted by atomic mass is 10.0. The molecule has 0 saturated heterocycles. The average Bonchev–Trinajstić information content (AvgIpc) is 2.88. The SMILES string of the molecule is C1CCCCCC1.C=C=CCc1ccccc1CC.CC. The van der Waals surface area contributed by atoms with Gasteiger partial charge in [0.25, 0.3) is 0 Å². The zero-order chi connectivity index (χ0) is 15.8. The maximum atomic E-state index is 3.55. The van der Waals surface area contributed by atoms with Gasteiger partial charge in [0.15, 0.2) is 0 Å². The van der Waals surface area contributed by atoms with Crippen LogP contribution in [0.15, 0.2) is 42.7 Å². The van der Waals surface area contributed by atoms with E-state index < -0.39 is 0 Å². The molecule has 0 unspecified atom stereocenters. The lowest BCUT2D eigenvalue weighted by Crippen LogP contribution is -1.89. The zero-order valence-electron chi connectivity index (χ0n) is 14.5. The standard InChI is InChI=1S/C12H14.C7H14.C2H6/c1-3-5-8-12-10-7-6-9-11(12)4-2;1-2-4-6-7-5-3-1;1-2/h5-7,9-10H,1,4,8H2,2H3;1-7H2;1-2H3. The molecule has 21 heavy (non-hydrogen) atoms. The Morgan fingerprint density at radius 3 is 1.71 bits per heavy atom. The van der Waals surface area contributed by atoms with Crippen LogP contribution in [-0.4, -0.2) is 0 Å². The highest BCUT2D eigenvalue weighted by molar-refractivity contribution is 5.28. The van der Waals surface area contributed by atoms with Crippen molar-refractivity contribution in [3.05, 3.63) is 53.8 Å². The fourth-order valence-corrected chi connectivity index (χ4v) is 2.52. The van der Waals surface area contributed by atoms with Crippen molar-refractivity contribution in [3.63, 3.8) is 0 Å². The van der Waals surface area contributed by atoms with Gasteiger partial charge < -0.3 is 0 Å². The molecule has 0 heteroatoms. The fraction of sp³-hybridized carbons (Fsp3) is 0.571. The van der Waals surface area contributed by atoms with Crippen LogP contribution >= 0.6 is 0 Å². The van der Waals surface area contributed by atoms with Crippen molar-refractivity contribution in [1.82, 2.24) is 0 Å². The van der Waals surface area contributed by atoms with Crippen LogP contribution in [-0.2, 0) is 12.8 Å². The summed E-state index contributed by atoms with van der Waals surface area (Å²) in [4.78, 5) is 0. The van der Waals surface area contributed by atoms with Crippen LogP contribution in [0, 0.1) is 0 Å². The molecule has 0 spiro atoms. The molecule has 0 aliphatic heterocycles. The summed E-state index contributed by atoms with van der Waals surface area (Å²) in [6, 6.07) is 8.49. The summed E-state index contributed by atoms with van der Waals surface area (Å²) in [5, 5.41) is 0. The van der Waals surface area contributed by atoms with E-state index in [4.69, 9.17) is 0 Å². The summed E-state index contributed by atoms with van der Waals surface area (Å²) in [5.41, 5.74) is 5.60. The lowest BCUT2D eigenvalue weighted by molar-refractivity contribution is 0.702. The number of aryl methyl sites for hydroxylation is 1. The van der Waals surface area contributed by atoms with Gasteiger partial charge in [-0.25, -0.2) is 0 Å². The van der Waals surface area contributed by atoms with E-state index in [-0.39, 0.29) is 0 Å². The molecular formula is C21H34. The van der Waals surface area contributed by atoms with Crippen molar-refractivity contribution in [3.8, 4) is 0 Å². The lowest BCUT2D eigenvalue weighted by Gasteiger charge is -2.02. The molecule has 0 atom stereocenters. The van der Waals surface area contributed by atoms with E-state index in [0.29, 0.717) is 0 Å². The Labute approximate surface area is 133 Å². The van der Waals surface area contributed by atoms with Gasteiger partial charge >= 0.3 is 0 Å². The Morgan fingerprint density at radius 1 is 0.905 bits per heavy atom. The third kappa shape index (κ3) is 10.2. The molecule has 118 valence electrons. The Morgan fingerprint density at radius 2 is 1.33 bits per heavy atom. The Bertz CT molecular complexity index is 363. The van der Waals surface area contributed by atoms with Crippen LogP contribution in [0.3, 0.4) is 0 Å². The van der Waals surface area contributed by atoms with Crippen LogP contribution in [0.1, 0.15) is 76.8 Å². The summed E-state index contributed by atoms with van der Waals surface area (Å²) in [6.07, 6.45) is 14.5. The van der Waals surface area contributed by atoms with Crippen LogP contribution in [0.25, 0.3) is 0 Å².